The van der Waals surface area contributed by atoms with E-state index in [-0.39, 0.29) is 23.3 Å². The first-order valence-corrected chi connectivity index (χ1v) is 17.0. The van der Waals surface area contributed by atoms with Gasteiger partial charge in [0.15, 0.2) is 11.5 Å². The molecule has 1 heterocycles. The summed E-state index contributed by atoms with van der Waals surface area (Å²) < 4.78 is 89.0. The second-order valence-electron chi connectivity index (χ2n) is 10.4. The smallest absolute Gasteiger partial charge is 0.296 e. The molecule has 3 N–H and O–H groups in total. The average Bonchev–Trinajstić information content (AvgIpc) is 3.46. The molecule has 5 rings (SSSR count). The Bertz CT molecular complexity index is 1860. The minimum absolute atomic E-state index is 0.164. The molecule has 1 aliphatic heterocycles. The molecule has 0 radical (unpaired) electrons. The summed E-state index contributed by atoms with van der Waals surface area (Å²) in [5, 5.41) is 32.2. The monoisotopic (exact) mass is 723 g/mol. The Labute approximate surface area is 266 Å². The van der Waals surface area contributed by atoms with Crippen molar-refractivity contribution in [1.29, 1.82) is 0 Å². The number of aromatic hydroxyl groups is 2. The number of ketones is 2. The standard InChI is InChI=1S/C10H14O4S.C8H5NO5S.C6H6O8S2/c1-9(2)6-3-4-10(9,7(11)5-6)8(12)15(13)14;10-7-5-3-4(15-14-13-12)1-2-6(5)9-8(7)11;7-4-1-3(15(9,10)11)2-5(6(4)8)16(12,13)14/h6H,3-5H2,1-2H3,(H,13,14);1-3,12H,(H,9,10,11);1-2,7-8H,(H,9,10,11)(H,12,13,14)/p-4. The van der Waals surface area contributed by atoms with Crippen molar-refractivity contribution in [2.75, 3.05) is 5.32 Å². The Morgan fingerprint density at radius 3 is 2.17 bits per heavy atom. The van der Waals surface area contributed by atoms with Gasteiger partial charge in [0.25, 0.3) is 11.7 Å². The maximum atomic E-state index is 11.8. The van der Waals surface area contributed by atoms with Crippen LogP contribution in [0.5, 0.6) is 11.5 Å². The van der Waals surface area contributed by atoms with Crippen LogP contribution >= 0.6 is 12.0 Å². The van der Waals surface area contributed by atoms with Gasteiger partial charge in [-0.2, -0.15) is 4.33 Å². The van der Waals surface area contributed by atoms with Crippen LogP contribution in [-0.2, 0) is 55.1 Å². The zero-order chi connectivity index (χ0) is 35.0. The van der Waals surface area contributed by atoms with Crippen LogP contribution in [0.2, 0.25) is 0 Å². The summed E-state index contributed by atoms with van der Waals surface area (Å²) in [4.78, 5) is 43.8. The maximum absolute atomic E-state index is 11.8. The quantitative estimate of drug-likeness (QED) is 0.0505. The van der Waals surface area contributed by atoms with E-state index >= 15 is 0 Å². The third-order valence-electron chi connectivity index (χ3n) is 7.83. The maximum Gasteiger partial charge on any atom is 0.296 e. The highest BCUT2D eigenvalue weighted by atomic mass is 32.2. The van der Waals surface area contributed by atoms with Gasteiger partial charge < -0.3 is 34.4 Å². The fourth-order valence-electron chi connectivity index (χ4n) is 5.43. The first kappa shape index (κ1) is 37.1. The van der Waals surface area contributed by atoms with Crippen LogP contribution in [0, 0.1) is 16.7 Å². The highest BCUT2D eigenvalue weighted by Crippen LogP contribution is 2.64. The Balaban J connectivity index is 0.000000188. The van der Waals surface area contributed by atoms with Crippen molar-refractivity contribution in [2.24, 2.45) is 16.7 Å². The van der Waals surface area contributed by atoms with Crippen LogP contribution in [0.15, 0.2) is 45.0 Å². The van der Waals surface area contributed by atoms with Crippen molar-refractivity contribution >= 4 is 71.6 Å². The molecule has 2 aromatic rings. The topological polar surface area (TPSA) is 317 Å². The van der Waals surface area contributed by atoms with Gasteiger partial charge in [0.1, 0.15) is 36.3 Å². The summed E-state index contributed by atoms with van der Waals surface area (Å²) in [7, 11) is -10.3. The van der Waals surface area contributed by atoms with E-state index < -0.39 is 80.2 Å². The Kier molecular flexibility index (Phi) is 10.8. The minimum Gasteiger partial charge on any atom is -0.766 e. The van der Waals surface area contributed by atoms with E-state index in [1.54, 1.807) is 12.1 Å². The van der Waals surface area contributed by atoms with Crippen molar-refractivity contribution in [1.82, 2.24) is 0 Å². The van der Waals surface area contributed by atoms with E-state index in [0.717, 1.165) is 6.42 Å². The van der Waals surface area contributed by atoms with Crippen molar-refractivity contribution in [2.45, 2.75) is 47.8 Å². The van der Waals surface area contributed by atoms with Gasteiger partial charge in [0, 0.05) is 28.5 Å². The summed E-state index contributed by atoms with van der Waals surface area (Å²) in [6, 6.07) is 5.10. The van der Waals surface area contributed by atoms with E-state index in [1.165, 1.54) is 6.07 Å². The summed E-state index contributed by atoms with van der Waals surface area (Å²) in [5.74, 6) is -3.77. The van der Waals surface area contributed by atoms with Crippen molar-refractivity contribution in [3.63, 3.8) is 0 Å². The highest BCUT2D eigenvalue weighted by molar-refractivity contribution is 7.95. The zero-order valence-corrected chi connectivity index (χ0v) is 26.5. The molecule has 2 aromatic carbocycles. The Morgan fingerprint density at radius 2 is 1.70 bits per heavy atom. The van der Waals surface area contributed by atoms with E-state index in [0.29, 0.717) is 41.5 Å². The summed E-state index contributed by atoms with van der Waals surface area (Å²) in [6.45, 7) is 3.67. The number of rotatable bonds is 6. The van der Waals surface area contributed by atoms with Gasteiger partial charge in [0.05, 0.1) is 28.2 Å². The minimum atomic E-state index is -5.20. The first-order chi connectivity index (χ1) is 21.1. The lowest BCUT2D eigenvalue weighted by Crippen LogP contribution is -2.45. The molecule has 46 heavy (non-hydrogen) atoms. The highest BCUT2D eigenvalue weighted by Gasteiger charge is 2.68. The molecule has 18 nitrogen and oxygen atoms in total. The number of amides is 1. The molecule has 0 spiro atoms. The lowest BCUT2D eigenvalue weighted by Gasteiger charge is -2.35. The number of nitrogens with one attached hydrogen (secondary N) is 1. The Hall–Kier alpha value is -3.32. The SMILES string of the molecule is CC1(C)C2CCC1(C(=O)S(=O)[O-])C(=O)C2.O=C1Nc2ccc(SOO[O-])cc2C1=O.O=S(=O)([O-])c1cc(O)c(O)c(S(=O)(=O)[O-])c1. The van der Waals surface area contributed by atoms with Gasteiger partial charge in [-0.15, -0.1) is 0 Å². The molecule has 2 fully saturated rings. The van der Waals surface area contributed by atoms with Crippen LogP contribution in [-0.4, -0.2) is 67.5 Å². The lowest BCUT2D eigenvalue weighted by atomic mass is 9.70. The third kappa shape index (κ3) is 7.15. The van der Waals surface area contributed by atoms with Gasteiger partial charge in [-0.1, -0.05) is 13.8 Å². The lowest BCUT2D eigenvalue weighted by molar-refractivity contribution is -0.777. The zero-order valence-electron chi connectivity index (χ0n) is 23.2. The van der Waals surface area contributed by atoms with Crippen LogP contribution in [0.4, 0.5) is 5.69 Å². The van der Waals surface area contributed by atoms with Crippen molar-refractivity contribution in [3.8, 4) is 11.5 Å². The van der Waals surface area contributed by atoms with Crippen molar-refractivity contribution in [3.05, 3.63) is 35.9 Å². The average molecular weight is 724 g/mol. The van der Waals surface area contributed by atoms with Gasteiger partial charge in [-0.3, -0.25) is 28.4 Å². The number of Topliss-reactive ketones (excluding diaryl/α,β-unsaturated/α-hetero) is 2. The number of carbonyl (C=O) groups is 4. The second kappa shape index (κ2) is 13.4. The molecule has 3 aliphatic rings. The summed E-state index contributed by atoms with van der Waals surface area (Å²) in [5.41, 5.74) is -1.03. The van der Waals surface area contributed by atoms with Crippen molar-refractivity contribution < 1.29 is 78.7 Å². The molecule has 252 valence electrons. The molecule has 1 amide bonds. The van der Waals surface area contributed by atoms with Crippen LogP contribution < -0.4 is 10.6 Å². The number of hydrogen-bond donors (Lipinski definition) is 3. The summed E-state index contributed by atoms with van der Waals surface area (Å²) in [6.07, 6.45) is 1.54. The molecule has 0 aromatic heterocycles. The molecular formula is C24H21NO17S4-4. The fraction of sp³-hybridized carbons (Fsp3) is 0.333. The van der Waals surface area contributed by atoms with E-state index in [2.05, 4.69) is 14.7 Å². The Morgan fingerprint density at radius 1 is 1.07 bits per heavy atom. The van der Waals surface area contributed by atoms with Crippen LogP contribution in [0.3, 0.4) is 0 Å². The van der Waals surface area contributed by atoms with Gasteiger partial charge >= 0.3 is 0 Å². The van der Waals surface area contributed by atoms with Gasteiger partial charge in [-0.25, -0.2) is 16.8 Å². The van der Waals surface area contributed by atoms with E-state index in [9.17, 15) is 59.1 Å². The fourth-order valence-corrected chi connectivity index (χ4v) is 7.79. The first-order valence-electron chi connectivity index (χ1n) is 12.4. The van der Waals surface area contributed by atoms with Gasteiger partial charge in [-0.05, 0) is 48.4 Å². The van der Waals surface area contributed by atoms with Gasteiger partial charge in [0.2, 0.25) is 5.12 Å². The molecule has 3 unspecified atom stereocenters. The molecule has 0 saturated heterocycles. The molecular weight excluding hydrogens is 703 g/mol. The largest absolute Gasteiger partial charge is 0.766 e. The van der Waals surface area contributed by atoms with Crippen LogP contribution in [0.1, 0.15) is 43.5 Å². The molecule has 2 bridgehead atoms. The predicted octanol–water partition coefficient (Wildman–Crippen LogP) is -0.254. The number of anilines is 1. The number of fused-ring (bicyclic) bond motifs is 3. The second-order valence-corrected chi connectivity index (χ2v) is 14.8. The number of phenols is 2. The molecule has 22 heteroatoms. The molecule has 2 aliphatic carbocycles. The number of carbonyl (C=O) groups excluding carboxylic acids is 4. The molecule has 3 atom stereocenters. The normalized spacial score (nSPS) is 21.8. The molecule has 2 saturated carbocycles. The number of phenolic OH excluding ortho intramolecular Hbond substituents is 2. The van der Waals surface area contributed by atoms with Crippen LogP contribution in [0.25, 0.3) is 0 Å². The number of benzene rings is 2. The van der Waals surface area contributed by atoms with E-state index in [1.807, 2.05) is 13.8 Å². The third-order valence-corrected chi connectivity index (χ3v) is 10.7. The van der Waals surface area contributed by atoms with E-state index in [4.69, 9.17) is 10.2 Å². The summed E-state index contributed by atoms with van der Waals surface area (Å²) >= 11 is -2.13. The predicted molar refractivity (Wildman–Crippen MR) is 146 cm³/mol. The number of hydrogen-bond acceptors (Lipinski definition) is 18.